The molecular weight excluding hydrogens is 362 g/mol. The second-order valence-electron chi connectivity index (χ2n) is 7.52. The van der Waals surface area contributed by atoms with Gasteiger partial charge in [-0.1, -0.05) is 60.7 Å². The minimum absolute atomic E-state index is 0.0163. The Balaban J connectivity index is 1.58. The number of likely N-dealkylation sites (tertiary alicyclic amines) is 1. The van der Waals surface area contributed by atoms with E-state index in [2.05, 4.69) is 24.1 Å². The molecule has 2 aromatic rings. The minimum Gasteiger partial charge on any atom is -0.388 e. The number of hydrogen-bond donors (Lipinski definition) is 1. The molecule has 29 heavy (non-hydrogen) atoms. The van der Waals surface area contributed by atoms with E-state index in [-0.39, 0.29) is 11.6 Å². The molecule has 0 aromatic heterocycles. The lowest BCUT2D eigenvalue weighted by Crippen LogP contribution is -2.29. The number of carbonyl (C=O) groups is 2. The van der Waals surface area contributed by atoms with Gasteiger partial charge in [-0.2, -0.15) is 0 Å². The van der Waals surface area contributed by atoms with Gasteiger partial charge in [0.25, 0.3) is 0 Å². The van der Waals surface area contributed by atoms with E-state index < -0.39 is 6.61 Å². The molecule has 0 spiro atoms. The summed E-state index contributed by atoms with van der Waals surface area (Å²) >= 11 is 0. The van der Waals surface area contributed by atoms with Crippen LogP contribution in [-0.4, -0.2) is 48.3 Å². The second-order valence-corrected chi connectivity index (χ2v) is 7.52. The van der Waals surface area contributed by atoms with Crippen molar-refractivity contribution in [1.82, 2.24) is 4.90 Å². The Morgan fingerprint density at radius 3 is 2.03 bits per heavy atom. The Hall–Kier alpha value is -2.82. The van der Waals surface area contributed by atoms with Gasteiger partial charge < -0.3 is 10.0 Å². The summed E-state index contributed by atoms with van der Waals surface area (Å²) in [7, 11) is 2.16. The molecule has 1 aliphatic rings. The minimum atomic E-state index is -0.488. The normalized spacial score (nSPS) is 15.9. The predicted molar refractivity (Wildman–Crippen MR) is 117 cm³/mol. The number of carbonyl (C=O) groups excluding carboxylic acids is 2. The molecule has 4 heteroatoms. The molecule has 1 aliphatic heterocycles. The van der Waals surface area contributed by atoms with E-state index in [0.717, 1.165) is 24.2 Å². The van der Waals surface area contributed by atoms with Crippen LogP contribution in [0.2, 0.25) is 0 Å². The van der Waals surface area contributed by atoms with Gasteiger partial charge >= 0.3 is 0 Å². The highest BCUT2D eigenvalue weighted by molar-refractivity contribution is 6.06. The van der Waals surface area contributed by atoms with Crippen LogP contribution in [0.5, 0.6) is 0 Å². The first-order valence-corrected chi connectivity index (χ1v) is 9.98. The van der Waals surface area contributed by atoms with Crippen molar-refractivity contribution in [2.45, 2.75) is 18.8 Å². The van der Waals surface area contributed by atoms with Crippen LogP contribution in [0, 0.1) is 0 Å². The van der Waals surface area contributed by atoms with E-state index in [4.69, 9.17) is 5.11 Å². The number of aliphatic hydroxyl groups is 1. The first-order chi connectivity index (χ1) is 14.0. The molecule has 0 bridgehead atoms. The van der Waals surface area contributed by atoms with Crippen molar-refractivity contribution in [2.24, 2.45) is 0 Å². The average Bonchev–Trinajstić information content (AvgIpc) is 2.77. The van der Waals surface area contributed by atoms with Gasteiger partial charge in [0.05, 0.1) is 0 Å². The summed E-state index contributed by atoms with van der Waals surface area (Å²) < 4.78 is 0. The average molecular weight is 389 g/mol. The molecule has 0 atom stereocenters. The lowest BCUT2D eigenvalue weighted by molar-refractivity contribution is -0.117. The van der Waals surface area contributed by atoms with E-state index in [1.807, 2.05) is 36.4 Å². The van der Waals surface area contributed by atoms with E-state index in [1.165, 1.54) is 24.5 Å². The number of piperidine rings is 1. The Morgan fingerprint density at radius 2 is 1.48 bits per heavy atom. The van der Waals surface area contributed by atoms with Gasteiger partial charge in [-0.25, -0.2) is 0 Å². The zero-order valence-electron chi connectivity index (χ0n) is 16.8. The van der Waals surface area contributed by atoms with Crippen molar-refractivity contribution in [3.05, 3.63) is 82.9 Å². The number of hydrogen-bond acceptors (Lipinski definition) is 4. The topological polar surface area (TPSA) is 57.6 Å². The second kappa shape index (κ2) is 10.1. The Labute approximate surface area is 172 Å². The third-order valence-electron chi connectivity index (χ3n) is 5.37. The number of benzene rings is 2. The van der Waals surface area contributed by atoms with Crippen LogP contribution in [0.1, 0.15) is 45.8 Å². The molecule has 0 radical (unpaired) electrons. The van der Waals surface area contributed by atoms with Gasteiger partial charge in [0.2, 0.25) is 0 Å². The fourth-order valence-corrected chi connectivity index (χ4v) is 3.49. The third-order valence-corrected chi connectivity index (χ3v) is 5.37. The number of ketones is 2. The molecule has 2 aromatic carbocycles. The standard InChI is InChI=1S/C25H27NO3/c1-26-16-14-22(15-17-26)21-8-10-23(11-9-21)25(29)13-7-20-4-2-19(3-5-20)6-12-24(28)18-27/h2-13,22,27H,14-18H2,1H3/b12-6+,13-7+. The maximum Gasteiger partial charge on any atom is 0.185 e. The van der Waals surface area contributed by atoms with Crippen molar-refractivity contribution in [2.75, 3.05) is 26.7 Å². The summed E-state index contributed by atoms with van der Waals surface area (Å²) in [5, 5.41) is 8.72. The Morgan fingerprint density at radius 1 is 0.931 bits per heavy atom. The maximum atomic E-state index is 12.5. The van der Waals surface area contributed by atoms with Crippen molar-refractivity contribution in [3.63, 3.8) is 0 Å². The molecule has 1 saturated heterocycles. The maximum absolute atomic E-state index is 12.5. The Bertz CT molecular complexity index is 887. The monoisotopic (exact) mass is 389 g/mol. The van der Waals surface area contributed by atoms with Crippen LogP contribution in [0.15, 0.2) is 60.7 Å². The molecule has 1 heterocycles. The van der Waals surface area contributed by atoms with E-state index in [0.29, 0.717) is 11.5 Å². The SMILES string of the molecule is CN1CCC(c2ccc(C(=O)/C=C/c3ccc(/C=C/C(=O)CO)cc3)cc2)CC1. The zero-order valence-corrected chi connectivity index (χ0v) is 16.8. The smallest absolute Gasteiger partial charge is 0.185 e. The van der Waals surface area contributed by atoms with E-state index >= 15 is 0 Å². The first-order valence-electron chi connectivity index (χ1n) is 9.98. The summed E-state index contributed by atoms with van der Waals surface area (Å²) in [5.74, 6) is 0.241. The van der Waals surface area contributed by atoms with Gasteiger partial charge in [0.15, 0.2) is 11.6 Å². The highest BCUT2D eigenvalue weighted by Crippen LogP contribution is 2.27. The number of rotatable bonds is 7. The highest BCUT2D eigenvalue weighted by Gasteiger charge is 2.18. The molecule has 150 valence electrons. The molecule has 1 N–H and O–H groups in total. The highest BCUT2D eigenvalue weighted by atomic mass is 16.3. The van der Waals surface area contributed by atoms with Gasteiger partial charge in [0.1, 0.15) is 6.61 Å². The van der Waals surface area contributed by atoms with Crippen molar-refractivity contribution >= 4 is 23.7 Å². The van der Waals surface area contributed by atoms with E-state index in [1.54, 1.807) is 18.2 Å². The number of nitrogens with zero attached hydrogens (tertiary/aromatic N) is 1. The summed E-state index contributed by atoms with van der Waals surface area (Å²) in [4.78, 5) is 25.9. The van der Waals surface area contributed by atoms with Gasteiger partial charge in [-0.15, -0.1) is 0 Å². The summed E-state index contributed by atoms with van der Waals surface area (Å²) in [6.07, 6.45) is 8.73. The van der Waals surface area contributed by atoms with Crippen molar-refractivity contribution in [3.8, 4) is 0 Å². The zero-order chi connectivity index (χ0) is 20.6. The van der Waals surface area contributed by atoms with Crippen LogP contribution in [0.4, 0.5) is 0 Å². The summed E-state index contributed by atoms with van der Waals surface area (Å²) in [5.41, 5.74) is 3.79. The lowest BCUT2D eigenvalue weighted by Gasteiger charge is -2.29. The molecule has 4 nitrogen and oxygen atoms in total. The first kappa shape index (κ1) is 20.9. The van der Waals surface area contributed by atoms with Crippen molar-refractivity contribution in [1.29, 1.82) is 0 Å². The predicted octanol–water partition coefficient (Wildman–Crippen LogP) is 3.97. The summed E-state index contributed by atoms with van der Waals surface area (Å²) in [6, 6.07) is 15.5. The number of aliphatic hydroxyl groups excluding tert-OH is 1. The van der Waals surface area contributed by atoms with Crippen molar-refractivity contribution < 1.29 is 14.7 Å². The molecule has 1 fully saturated rings. The summed E-state index contributed by atoms with van der Waals surface area (Å²) in [6.45, 7) is 1.76. The molecule has 0 aliphatic carbocycles. The van der Waals surface area contributed by atoms with Crippen LogP contribution in [0.3, 0.4) is 0 Å². The number of allylic oxidation sites excluding steroid dienone is 1. The largest absolute Gasteiger partial charge is 0.388 e. The molecule has 0 unspecified atom stereocenters. The van der Waals surface area contributed by atoms with Gasteiger partial charge in [-0.05, 0) is 67.7 Å². The lowest BCUT2D eigenvalue weighted by atomic mass is 9.89. The third kappa shape index (κ3) is 6.08. The fourth-order valence-electron chi connectivity index (χ4n) is 3.49. The molecular formula is C25H27NO3. The van der Waals surface area contributed by atoms with Crippen LogP contribution >= 0.6 is 0 Å². The fraction of sp³-hybridized carbons (Fsp3) is 0.280. The van der Waals surface area contributed by atoms with Crippen LogP contribution in [0.25, 0.3) is 12.2 Å². The van der Waals surface area contributed by atoms with Crippen LogP contribution < -0.4 is 0 Å². The molecule has 0 amide bonds. The molecule has 0 saturated carbocycles. The quantitative estimate of drug-likeness (QED) is 0.575. The van der Waals surface area contributed by atoms with Gasteiger partial charge in [-0.3, -0.25) is 9.59 Å². The van der Waals surface area contributed by atoms with E-state index in [9.17, 15) is 9.59 Å². The molecule has 3 rings (SSSR count). The Kier molecular flexibility index (Phi) is 7.28. The van der Waals surface area contributed by atoms with Crippen LogP contribution in [-0.2, 0) is 4.79 Å². The van der Waals surface area contributed by atoms with Gasteiger partial charge in [0, 0.05) is 5.56 Å².